The van der Waals surface area contributed by atoms with E-state index in [4.69, 9.17) is 0 Å². The quantitative estimate of drug-likeness (QED) is 0.929. The first kappa shape index (κ1) is 16.6. The van der Waals surface area contributed by atoms with E-state index in [0.717, 1.165) is 38.8 Å². The highest BCUT2D eigenvalue weighted by Gasteiger charge is 2.43. The van der Waals surface area contributed by atoms with Crippen molar-refractivity contribution >= 4 is 16.8 Å². The molecule has 2 aliphatic rings. The Bertz CT molecular complexity index is 781. The molecule has 0 radical (unpaired) electrons. The molecule has 4 rings (SSSR count). The van der Waals surface area contributed by atoms with Gasteiger partial charge in [-0.05, 0) is 43.9 Å². The molecule has 1 aliphatic carbocycles. The summed E-state index contributed by atoms with van der Waals surface area (Å²) in [6.07, 6.45) is 7.64. The smallest absolute Gasteiger partial charge is 0.224 e. The number of fused-ring (bicyclic) bond motifs is 2. The lowest BCUT2D eigenvalue weighted by Crippen LogP contribution is -2.54. The number of rotatable bonds is 3. The summed E-state index contributed by atoms with van der Waals surface area (Å²) < 4.78 is 2.18. The van der Waals surface area contributed by atoms with Crippen LogP contribution >= 0.6 is 0 Å². The van der Waals surface area contributed by atoms with E-state index >= 15 is 0 Å². The van der Waals surface area contributed by atoms with Gasteiger partial charge in [0.2, 0.25) is 5.91 Å². The molecule has 4 heteroatoms. The van der Waals surface area contributed by atoms with Crippen molar-refractivity contribution in [3.63, 3.8) is 0 Å². The van der Waals surface area contributed by atoms with E-state index in [1.54, 1.807) is 0 Å². The molecule has 1 saturated carbocycles. The van der Waals surface area contributed by atoms with Crippen molar-refractivity contribution in [1.82, 2.24) is 9.47 Å². The fourth-order valence-corrected chi connectivity index (χ4v) is 4.74. The second-order valence-electron chi connectivity index (χ2n) is 7.90. The van der Waals surface area contributed by atoms with Crippen LogP contribution in [0.2, 0.25) is 0 Å². The summed E-state index contributed by atoms with van der Waals surface area (Å²) >= 11 is 0. The summed E-state index contributed by atoms with van der Waals surface area (Å²) in [5, 5.41) is 12.0. The number of aryl methyl sites for hydroxylation is 2. The van der Waals surface area contributed by atoms with Gasteiger partial charge in [-0.3, -0.25) is 4.79 Å². The highest BCUT2D eigenvalue weighted by molar-refractivity contribution is 5.83. The average molecular weight is 340 g/mol. The Morgan fingerprint density at radius 1 is 1.28 bits per heavy atom. The van der Waals surface area contributed by atoms with Crippen molar-refractivity contribution in [2.24, 2.45) is 5.92 Å². The number of aliphatic hydroxyl groups is 1. The Morgan fingerprint density at radius 3 is 3.04 bits per heavy atom. The van der Waals surface area contributed by atoms with Crippen LogP contribution in [0.1, 0.15) is 44.1 Å². The number of aromatic nitrogens is 1. The second kappa shape index (κ2) is 6.49. The number of amides is 1. The van der Waals surface area contributed by atoms with E-state index in [-0.39, 0.29) is 11.8 Å². The van der Waals surface area contributed by atoms with Gasteiger partial charge in [-0.25, -0.2) is 0 Å². The summed E-state index contributed by atoms with van der Waals surface area (Å²) in [5.74, 6) is 0.496. The summed E-state index contributed by atoms with van der Waals surface area (Å²) in [6, 6.07) is 8.45. The van der Waals surface area contributed by atoms with Crippen LogP contribution in [0.3, 0.4) is 0 Å². The molecule has 1 aliphatic heterocycles. The highest BCUT2D eigenvalue weighted by atomic mass is 16.3. The summed E-state index contributed by atoms with van der Waals surface area (Å²) in [6.45, 7) is 4.28. The number of benzene rings is 1. The molecule has 2 atom stereocenters. The number of likely N-dealkylation sites (tertiary alicyclic amines) is 1. The van der Waals surface area contributed by atoms with Gasteiger partial charge < -0.3 is 14.6 Å². The fraction of sp³-hybridized carbons (Fsp3) is 0.571. The van der Waals surface area contributed by atoms with Gasteiger partial charge in [0.25, 0.3) is 0 Å². The third kappa shape index (κ3) is 3.08. The van der Waals surface area contributed by atoms with Gasteiger partial charge in [-0.2, -0.15) is 0 Å². The van der Waals surface area contributed by atoms with E-state index in [1.807, 2.05) is 4.90 Å². The first-order valence-electron chi connectivity index (χ1n) is 9.61. The zero-order valence-corrected chi connectivity index (χ0v) is 15.1. The first-order valence-corrected chi connectivity index (χ1v) is 9.61. The molecule has 0 unspecified atom stereocenters. The summed E-state index contributed by atoms with van der Waals surface area (Å²) in [4.78, 5) is 14.7. The topological polar surface area (TPSA) is 45.5 Å². The molecule has 134 valence electrons. The van der Waals surface area contributed by atoms with Crippen LogP contribution < -0.4 is 0 Å². The molecule has 0 bridgehead atoms. The minimum Gasteiger partial charge on any atom is -0.389 e. The Labute approximate surface area is 149 Å². The third-order valence-corrected chi connectivity index (χ3v) is 6.38. The molecule has 1 aromatic carbocycles. The molecular weight excluding hydrogens is 312 g/mol. The summed E-state index contributed by atoms with van der Waals surface area (Å²) in [5.41, 5.74) is 1.96. The number of hydrogen-bond acceptors (Lipinski definition) is 2. The van der Waals surface area contributed by atoms with E-state index in [1.165, 1.54) is 22.9 Å². The molecule has 1 saturated heterocycles. The molecule has 2 heterocycles. The maximum atomic E-state index is 12.7. The number of nitrogens with zero attached hydrogens (tertiary/aromatic N) is 2. The minimum atomic E-state index is -0.511. The SMILES string of the molecule is Cc1cccc2c1ccn2CCC(=O)N1CC[C@]2(O)CCCC[C@H]2C1. The van der Waals surface area contributed by atoms with Crippen molar-refractivity contribution in [3.8, 4) is 0 Å². The van der Waals surface area contributed by atoms with Crippen LogP contribution in [0, 0.1) is 12.8 Å². The van der Waals surface area contributed by atoms with Crippen LogP contribution in [-0.2, 0) is 11.3 Å². The van der Waals surface area contributed by atoms with Gasteiger partial charge in [-0.15, -0.1) is 0 Å². The van der Waals surface area contributed by atoms with Gasteiger partial charge in [0.1, 0.15) is 0 Å². The van der Waals surface area contributed by atoms with Crippen molar-refractivity contribution < 1.29 is 9.90 Å². The van der Waals surface area contributed by atoms with E-state index in [9.17, 15) is 9.90 Å². The Hall–Kier alpha value is -1.81. The zero-order chi connectivity index (χ0) is 17.4. The predicted molar refractivity (Wildman–Crippen MR) is 99.4 cm³/mol. The molecule has 2 aromatic rings. The van der Waals surface area contributed by atoms with Crippen molar-refractivity contribution in [3.05, 3.63) is 36.0 Å². The number of piperidine rings is 1. The van der Waals surface area contributed by atoms with E-state index < -0.39 is 5.60 Å². The molecule has 1 N–H and O–H groups in total. The number of hydrogen-bond donors (Lipinski definition) is 1. The molecule has 1 amide bonds. The lowest BCUT2D eigenvalue weighted by molar-refractivity contribution is -0.143. The van der Waals surface area contributed by atoms with Crippen LogP contribution in [0.25, 0.3) is 10.9 Å². The standard InChI is InChI=1S/C21H28N2O2/c1-16-5-4-7-19-18(16)8-12-22(19)13-9-20(24)23-14-11-21(25)10-3-2-6-17(21)15-23/h4-5,7-8,12,17,25H,2-3,6,9-11,13-15H2,1H3/t17-,21+/m0/s1. The van der Waals surface area contributed by atoms with Gasteiger partial charge >= 0.3 is 0 Å². The average Bonchev–Trinajstić information content (AvgIpc) is 3.03. The number of carbonyl (C=O) groups excluding carboxylic acids is 1. The fourth-order valence-electron chi connectivity index (χ4n) is 4.74. The monoisotopic (exact) mass is 340 g/mol. The molecule has 2 fully saturated rings. The summed E-state index contributed by atoms with van der Waals surface area (Å²) in [7, 11) is 0. The zero-order valence-electron chi connectivity index (χ0n) is 15.1. The molecule has 25 heavy (non-hydrogen) atoms. The molecule has 4 nitrogen and oxygen atoms in total. The maximum absolute atomic E-state index is 12.7. The molecule has 0 spiro atoms. The molecule has 1 aromatic heterocycles. The van der Waals surface area contributed by atoms with E-state index in [2.05, 4.69) is 42.0 Å². The van der Waals surface area contributed by atoms with Crippen LogP contribution in [0.4, 0.5) is 0 Å². The van der Waals surface area contributed by atoms with Gasteiger partial charge in [0.05, 0.1) is 5.60 Å². The lowest BCUT2D eigenvalue weighted by atomic mass is 9.71. The van der Waals surface area contributed by atoms with Crippen LogP contribution in [0.15, 0.2) is 30.5 Å². The molecular formula is C21H28N2O2. The Balaban J connectivity index is 1.40. The first-order chi connectivity index (χ1) is 12.1. The largest absolute Gasteiger partial charge is 0.389 e. The lowest BCUT2D eigenvalue weighted by Gasteiger charge is -2.47. The highest BCUT2D eigenvalue weighted by Crippen LogP contribution is 2.39. The van der Waals surface area contributed by atoms with Gasteiger partial charge in [0, 0.05) is 49.1 Å². The van der Waals surface area contributed by atoms with Crippen molar-refractivity contribution in [1.29, 1.82) is 0 Å². The van der Waals surface area contributed by atoms with Gasteiger partial charge in [-0.1, -0.05) is 25.0 Å². The van der Waals surface area contributed by atoms with Crippen molar-refractivity contribution in [2.75, 3.05) is 13.1 Å². The van der Waals surface area contributed by atoms with Crippen LogP contribution in [-0.4, -0.2) is 39.2 Å². The minimum absolute atomic E-state index is 0.224. The van der Waals surface area contributed by atoms with Gasteiger partial charge in [0.15, 0.2) is 0 Å². The van der Waals surface area contributed by atoms with Crippen molar-refractivity contribution in [2.45, 2.75) is 57.6 Å². The van der Waals surface area contributed by atoms with Crippen LogP contribution in [0.5, 0.6) is 0 Å². The van der Waals surface area contributed by atoms with E-state index in [0.29, 0.717) is 13.0 Å². The predicted octanol–water partition coefficient (Wildman–Crippen LogP) is 3.49. The maximum Gasteiger partial charge on any atom is 0.224 e. The Morgan fingerprint density at radius 2 is 2.16 bits per heavy atom. The number of carbonyl (C=O) groups is 1. The Kier molecular flexibility index (Phi) is 4.32. The normalized spacial score (nSPS) is 26.6. The second-order valence-corrected chi connectivity index (χ2v) is 7.90. The third-order valence-electron chi connectivity index (χ3n) is 6.38.